The van der Waals surface area contributed by atoms with Crippen LogP contribution in [-0.4, -0.2) is 31.2 Å². The summed E-state index contributed by atoms with van der Waals surface area (Å²) in [6.45, 7) is 8.82. The van der Waals surface area contributed by atoms with Crippen LogP contribution in [0.4, 0.5) is 5.69 Å². The normalized spacial score (nSPS) is 17.1. The second-order valence-electron chi connectivity index (χ2n) is 4.33. The first kappa shape index (κ1) is 10.4. The van der Waals surface area contributed by atoms with Crippen LogP contribution in [0.5, 0.6) is 0 Å². The molecule has 3 heteroatoms. The summed E-state index contributed by atoms with van der Waals surface area (Å²) in [6.07, 6.45) is 3.89. The van der Waals surface area contributed by atoms with E-state index in [9.17, 15) is 0 Å². The minimum atomic E-state index is 0.545. The molecule has 0 spiro atoms. The van der Waals surface area contributed by atoms with Gasteiger partial charge in [0.15, 0.2) is 0 Å². The van der Waals surface area contributed by atoms with Crippen molar-refractivity contribution in [1.29, 1.82) is 0 Å². The van der Waals surface area contributed by atoms with Crippen molar-refractivity contribution in [2.75, 3.05) is 31.1 Å². The Morgan fingerprint density at radius 2 is 2.07 bits per heavy atom. The summed E-state index contributed by atoms with van der Waals surface area (Å²) in [5.74, 6) is 0.545. The molecule has 0 saturated carbocycles. The van der Waals surface area contributed by atoms with Crippen LogP contribution in [0.1, 0.15) is 25.3 Å². The number of anilines is 1. The van der Waals surface area contributed by atoms with Gasteiger partial charge in [-0.05, 0) is 17.5 Å². The Bertz CT molecular complexity index is 316. The third kappa shape index (κ3) is 2.29. The number of hydrogen-bond acceptors (Lipinski definition) is 3. The summed E-state index contributed by atoms with van der Waals surface area (Å²) in [5.41, 5.74) is 2.72. The van der Waals surface area contributed by atoms with Crippen molar-refractivity contribution in [2.45, 2.75) is 19.8 Å². The molecule has 1 aliphatic heterocycles. The molecule has 82 valence electrons. The van der Waals surface area contributed by atoms with Crippen molar-refractivity contribution in [1.82, 2.24) is 10.3 Å². The summed E-state index contributed by atoms with van der Waals surface area (Å²) in [6, 6.07) is 2.14. The monoisotopic (exact) mass is 205 g/mol. The number of pyridine rings is 1. The summed E-state index contributed by atoms with van der Waals surface area (Å²) < 4.78 is 0. The Morgan fingerprint density at radius 1 is 1.33 bits per heavy atom. The average Bonchev–Trinajstić information content (AvgIpc) is 2.30. The molecular weight excluding hydrogens is 186 g/mol. The van der Waals surface area contributed by atoms with E-state index >= 15 is 0 Å². The maximum Gasteiger partial charge on any atom is 0.0433 e. The molecular formula is C12H19N3. The van der Waals surface area contributed by atoms with Gasteiger partial charge in [-0.1, -0.05) is 13.8 Å². The molecule has 0 bridgehead atoms. The molecule has 1 aromatic heterocycles. The lowest BCUT2D eigenvalue weighted by Gasteiger charge is -2.31. The van der Waals surface area contributed by atoms with Gasteiger partial charge in [0.25, 0.3) is 0 Å². The predicted molar refractivity (Wildman–Crippen MR) is 63.4 cm³/mol. The number of piperazine rings is 1. The van der Waals surface area contributed by atoms with Gasteiger partial charge >= 0.3 is 0 Å². The smallest absolute Gasteiger partial charge is 0.0433 e. The van der Waals surface area contributed by atoms with Gasteiger partial charge in [0.05, 0.1) is 0 Å². The fourth-order valence-corrected chi connectivity index (χ4v) is 2.04. The summed E-state index contributed by atoms with van der Waals surface area (Å²) >= 11 is 0. The maximum absolute atomic E-state index is 4.22. The van der Waals surface area contributed by atoms with Gasteiger partial charge in [-0.15, -0.1) is 0 Å². The number of rotatable bonds is 2. The molecule has 0 aromatic carbocycles. The first-order chi connectivity index (χ1) is 7.29. The van der Waals surface area contributed by atoms with E-state index in [0.29, 0.717) is 5.92 Å². The van der Waals surface area contributed by atoms with Gasteiger partial charge in [-0.25, -0.2) is 0 Å². The molecule has 15 heavy (non-hydrogen) atoms. The van der Waals surface area contributed by atoms with E-state index in [1.807, 2.05) is 12.4 Å². The molecule has 1 aliphatic rings. The van der Waals surface area contributed by atoms with Crippen LogP contribution in [0.2, 0.25) is 0 Å². The lowest BCUT2D eigenvalue weighted by molar-refractivity contribution is 0.586. The number of aromatic nitrogens is 1. The zero-order chi connectivity index (χ0) is 10.7. The SMILES string of the molecule is CC(C)c1cnccc1N1CCNCC1. The van der Waals surface area contributed by atoms with Crippen LogP contribution in [0.15, 0.2) is 18.5 Å². The lowest BCUT2D eigenvalue weighted by atomic mass is 10.0. The molecule has 1 fully saturated rings. The molecule has 0 atom stereocenters. The molecule has 1 aromatic rings. The molecule has 0 radical (unpaired) electrons. The van der Waals surface area contributed by atoms with Gasteiger partial charge < -0.3 is 10.2 Å². The first-order valence-corrected chi connectivity index (χ1v) is 5.68. The van der Waals surface area contributed by atoms with Gasteiger partial charge in [0.1, 0.15) is 0 Å². The van der Waals surface area contributed by atoms with Gasteiger partial charge in [0, 0.05) is 44.3 Å². The second-order valence-corrected chi connectivity index (χ2v) is 4.33. The van der Waals surface area contributed by atoms with E-state index in [1.54, 1.807) is 0 Å². The Balaban J connectivity index is 2.25. The highest BCUT2D eigenvalue weighted by Gasteiger charge is 2.15. The van der Waals surface area contributed by atoms with Crippen LogP contribution >= 0.6 is 0 Å². The second kappa shape index (κ2) is 4.62. The van der Waals surface area contributed by atoms with Gasteiger partial charge in [0.2, 0.25) is 0 Å². The van der Waals surface area contributed by atoms with E-state index in [1.165, 1.54) is 11.3 Å². The zero-order valence-corrected chi connectivity index (χ0v) is 9.53. The molecule has 2 rings (SSSR count). The summed E-state index contributed by atoms with van der Waals surface area (Å²) in [7, 11) is 0. The van der Waals surface area contributed by atoms with Crippen molar-refractivity contribution >= 4 is 5.69 Å². The van der Waals surface area contributed by atoms with Crippen molar-refractivity contribution in [2.24, 2.45) is 0 Å². The predicted octanol–water partition coefficient (Wildman–Crippen LogP) is 1.61. The highest BCUT2D eigenvalue weighted by molar-refractivity contribution is 5.53. The molecule has 1 saturated heterocycles. The average molecular weight is 205 g/mol. The quantitative estimate of drug-likeness (QED) is 0.795. The summed E-state index contributed by atoms with van der Waals surface area (Å²) in [4.78, 5) is 6.67. The van der Waals surface area contributed by atoms with E-state index in [4.69, 9.17) is 0 Å². The molecule has 3 nitrogen and oxygen atoms in total. The third-order valence-electron chi connectivity index (χ3n) is 2.91. The standard InChI is InChI=1S/C12H19N3/c1-10(2)11-9-14-4-3-12(11)15-7-5-13-6-8-15/h3-4,9-10,13H,5-8H2,1-2H3. The van der Waals surface area contributed by atoms with E-state index in [-0.39, 0.29) is 0 Å². The number of nitrogens with zero attached hydrogens (tertiary/aromatic N) is 2. The van der Waals surface area contributed by atoms with Crippen LogP contribution < -0.4 is 10.2 Å². The van der Waals surface area contributed by atoms with Gasteiger partial charge in [-0.3, -0.25) is 4.98 Å². The van der Waals surface area contributed by atoms with E-state index in [0.717, 1.165) is 26.2 Å². The Labute approximate surface area is 91.5 Å². The Hall–Kier alpha value is -1.09. The third-order valence-corrected chi connectivity index (χ3v) is 2.91. The van der Waals surface area contributed by atoms with Crippen LogP contribution in [0, 0.1) is 0 Å². The fraction of sp³-hybridized carbons (Fsp3) is 0.583. The largest absolute Gasteiger partial charge is 0.369 e. The van der Waals surface area contributed by atoms with Crippen molar-refractivity contribution in [3.63, 3.8) is 0 Å². The van der Waals surface area contributed by atoms with Gasteiger partial charge in [-0.2, -0.15) is 0 Å². The Kier molecular flexibility index (Phi) is 3.21. The minimum absolute atomic E-state index is 0.545. The van der Waals surface area contributed by atoms with Crippen molar-refractivity contribution < 1.29 is 0 Å². The molecule has 0 aliphatic carbocycles. The fourth-order valence-electron chi connectivity index (χ4n) is 2.04. The first-order valence-electron chi connectivity index (χ1n) is 5.68. The highest BCUT2D eigenvalue weighted by atomic mass is 15.2. The summed E-state index contributed by atoms with van der Waals surface area (Å²) in [5, 5.41) is 3.38. The van der Waals surface area contributed by atoms with Crippen molar-refractivity contribution in [3.8, 4) is 0 Å². The number of nitrogens with one attached hydrogen (secondary N) is 1. The lowest BCUT2D eigenvalue weighted by Crippen LogP contribution is -2.43. The molecule has 0 amide bonds. The van der Waals surface area contributed by atoms with Crippen LogP contribution in [0.3, 0.4) is 0 Å². The maximum atomic E-state index is 4.22. The highest BCUT2D eigenvalue weighted by Crippen LogP contribution is 2.26. The van der Waals surface area contributed by atoms with Crippen molar-refractivity contribution in [3.05, 3.63) is 24.0 Å². The minimum Gasteiger partial charge on any atom is -0.369 e. The Morgan fingerprint density at radius 3 is 2.73 bits per heavy atom. The van der Waals surface area contributed by atoms with E-state index in [2.05, 4.69) is 35.1 Å². The van der Waals surface area contributed by atoms with E-state index < -0.39 is 0 Å². The molecule has 2 heterocycles. The topological polar surface area (TPSA) is 28.2 Å². The van der Waals surface area contributed by atoms with Crippen LogP contribution in [0.25, 0.3) is 0 Å². The van der Waals surface area contributed by atoms with Crippen LogP contribution in [-0.2, 0) is 0 Å². The number of hydrogen-bond donors (Lipinski definition) is 1. The molecule has 0 unspecified atom stereocenters. The zero-order valence-electron chi connectivity index (χ0n) is 9.53. The molecule has 1 N–H and O–H groups in total.